The highest BCUT2D eigenvalue weighted by Crippen LogP contribution is 2.24. The lowest BCUT2D eigenvalue weighted by Gasteiger charge is -2.09. The number of halogens is 2. The average molecular weight is 526 g/mol. The van der Waals surface area contributed by atoms with E-state index in [4.69, 9.17) is 4.74 Å². The molecule has 0 spiro atoms. The molecule has 3 aromatic carbocycles. The zero-order valence-electron chi connectivity index (χ0n) is 15.9. The van der Waals surface area contributed by atoms with Crippen LogP contribution in [-0.2, 0) is 17.9 Å². The van der Waals surface area contributed by atoms with Gasteiger partial charge in [0.2, 0.25) is 0 Å². The fourth-order valence-electron chi connectivity index (χ4n) is 2.65. The third-order valence-corrected chi connectivity index (χ3v) is 5.49. The number of ether oxygens (including phenoxy) is 1. The molecule has 0 bridgehead atoms. The monoisotopic (exact) mass is 524 g/mol. The van der Waals surface area contributed by atoms with Gasteiger partial charge in [-0.15, -0.1) is 0 Å². The summed E-state index contributed by atoms with van der Waals surface area (Å²) in [6.07, 6.45) is 1.56. The maximum atomic E-state index is 12.3. The normalized spacial score (nSPS) is 10.9. The van der Waals surface area contributed by atoms with Gasteiger partial charge in [-0.2, -0.15) is 5.26 Å². The summed E-state index contributed by atoms with van der Waals surface area (Å²) in [5, 5.41) is 12.1. The molecule has 6 heteroatoms. The Kier molecular flexibility index (Phi) is 7.83. The number of hydrogen-bond acceptors (Lipinski definition) is 3. The first kappa shape index (κ1) is 21.8. The maximum Gasteiger partial charge on any atom is 0.262 e. The van der Waals surface area contributed by atoms with Crippen molar-refractivity contribution in [3.05, 3.63) is 104 Å². The highest BCUT2D eigenvalue weighted by molar-refractivity contribution is 9.11. The fraction of sp³-hybridized carbons (Fsp3) is 0.0833. The van der Waals surface area contributed by atoms with E-state index in [1.165, 1.54) is 0 Å². The second-order valence-electron chi connectivity index (χ2n) is 6.43. The molecule has 1 amide bonds. The molecular formula is C24H18Br2N2O2. The summed E-state index contributed by atoms with van der Waals surface area (Å²) in [7, 11) is 0. The first-order chi connectivity index (χ1) is 14.5. The van der Waals surface area contributed by atoms with Crippen LogP contribution in [0.5, 0.6) is 5.75 Å². The van der Waals surface area contributed by atoms with Crippen LogP contribution in [0.1, 0.15) is 16.7 Å². The van der Waals surface area contributed by atoms with Crippen molar-refractivity contribution >= 4 is 43.8 Å². The van der Waals surface area contributed by atoms with Crippen LogP contribution in [0, 0.1) is 11.3 Å². The molecule has 0 atom stereocenters. The third-order valence-electron chi connectivity index (χ3n) is 4.26. The molecule has 0 aliphatic heterocycles. The molecule has 0 radical (unpaired) electrons. The van der Waals surface area contributed by atoms with Gasteiger partial charge in [0.15, 0.2) is 0 Å². The van der Waals surface area contributed by atoms with Gasteiger partial charge in [0.25, 0.3) is 5.91 Å². The smallest absolute Gasteiger partial charge is 0.262 e. The number of carbonyl (C=O) groups is 1. The number of amides is 1. The van der Waals surface area contributed by atoms with Crippen molar-refractivity contribution in [2.24, 2.45) is 0 Å². The van der Waals surface area contributed by atoms with E-state index in [1.807, 2.05) is 78.9 Å². The van der Waals surface area contributed by atoms with Crippen molar-refractivity contribution in [3.63, 3.8) is 0 Å². The Morgan fingerprint density at radius 1 is 1.03 bits per heavy atom. The molecule has 0 aliphatic carbocycles. The summed E-state index contributed by atoms with van der Waals surface area (Å²) in [6.45, 7) is 0.797. The summed E-state index contributed by atoms with van der Waals surface area (Å²) >= 11 is 6.95. The van der Waals surface area contributed by atoms with Crippen molar-refractivity contribution in [2.75, 3.05) is 0 Å². The van der Waals surface area contributed by atoms with E-state index >= 15 is 0 Å². The van der Waals surface area contributed by atoms with Crippen LogP contribution in [0.4, 0.5) is 0 Å². The molecule has 0 heterocycles. The highest BCUT2D eigenvalue weighted by Gasteiger charge is 2.09. The summed E-state index contributed by atoms with van der Waals surface area (Å²) in [5.41, 5.74) is 2.81. The lowest BCUT2D eigenvalue weighted by Crippen LogP contribution is -2.23. The lowest BCUT2D eigenvalue weighted by atomic mass is 10.1. The number of nitrogens with zero attached hydrogens (tertiary/aromatic N) is 1. The summed E-state index contributed by atoms with van der Waals surface area (Å²) < 4.78 is 7.79. The Morgan fingerprint density at radius 3 is 2.43 bits per heavy atom. The van der Waals surface area contributed by atoms with Gasteiger partial charge in [-0.1, -0.05) is 80.4 Å². The minimum absolute atomic E-state index is 0.0541. The number of rotatable bonds is 7. The van der Waals surface area contributed by atoms with Crippen molar-refractivity contribution in [3.8, 4) is 11.8 Å². The molecule has 1 N–H and O–H groups in total. The molecule has 0 saturated carbocycles. The van der Waals surface area contributed by atoms with Crippen LogP contribution in [0.3, 0.4) is 0 Å². The van der Waals surface area contributed by atoms with Crippen LogP contribution in [0.2, 0.25) is 0 Å². The van der Waals surface area contributed by atoms with Crippen LogP contribution >= 0.6 is 31.9 Å². The van der Waals surface area contributed by atoms with Crippen LogP contribution in [0.15, 0.2) is 87.3 Å². The SMILES string of the molecule is N#C/C(=C/c1ccc(OCc2ccc(Br)cc2Br)cc1)C(=O)NCc1ccccc1. The Morgan fingerprint density at radius 2 is 1.77 bits per heavy atom. The van der Waals surface area contributed by atoms with E-state index in [0.717, 1.165) is 25.6 Å². The molecule has 3 aromatic rings. The second-order valence-corrected chi connectivity index (χ2v) is 8.20. The Labute approximate surface area is 192 Å². The minimum Gasteiger partial charge on any atom is -0.489 e. The van der Waals surface area contributed by atoms with Gasteiger partial charge in [0, 0.05) is 21.1 Å². The van der Waals surface area contributed by atoms with E-state index in [2.05, 4.69) is 37.2 Å². The molecule has 0 unspecified atom stereocenters. The van der Waals surface area contributed by atoms with Crippen LogP contribution in [0.25, 0.3) is 6.08 Å². The zero-order valence-corrected chi connectivity index (χ0v) is 19.1. The molecule has 3 rings (SSSR count). The van der Waals surface area contributed by atoms with E-state index < -0.39 is 5.91 Å². The number of nitriles is 1. The molecule has 30 heavy (non-hydrogen) atoms. The largest absolute Gasteiger partial charge is 0.489 e. The van der Waals surface area contributed by atoms with Crippen LogP contribution in [-0.4, -0.2) is 5.91 Å². The van der Waals surface area contributed by atoms with Crippen LogP contribution < -0.4 is 10.1 Å². The molecule has 4 nitrogen and oxygen atoms in total. The Bertz CT molecular complexity index is 1090. The zero-order chi connectivity index (χ0) is 21.3. The first-order valence-electron chi connectivity index (χ1n) is 9.16. The number of carbonyl (C=O) groups excluding carboxylic acids is 1. The predicted octanol–water partition coefficient (Wildman–Crippen LogP) is 6.01. The molecule has 0 saturated heterocycles. The van der Waals surface area contributed by atoms with Crippen molar-refractivity contribution in [2.45, 2.75) is 13.2 Å². The molecule has 0 fully saturated rings. The topological polar surface area (TPSA) is 62.1 Å². The Hall–Kier alpha value is -2.88. The van der Waals surface area contributed by atoms with E-state index in [0.29, 0.717) is 18.9 Å². The third kappa shape index (κ3) is 6.31. The first-order valence-corrected chi connectivity index (χ1v) is 10.7. The highest BCUT2D eigenvalue weighted by atomic mass is 79.9. The van der Waals surface area contributed by atoms with Gasteiger partial charge < -0.3 is 10.1 Å². The van der Waals surface area contributed by atoms with Gasteiger partial charge in [0.05, 0.1) is 0 Å². The average Bonchev–Trinajstić information content (AvgIpc) is 2.77. The Balaban J connectivity index is 1.60. The predicted molar refractivity (Wildman–Crippen MR) is 124 cm³/mol. The van der Waals surface area contributed by atoms with Gasteiger partial charge in [-0.05, 0) is 41.5 Å². The quantitative estimate of drug-likeness (QED) is 0.303. The van der Waals surface area contributed by atoms with Crippen molar-refractivity contribution < 1.29 is 9.53 Å². The molecule has 0 aromatic heterocycles. The van der Waals surface area contributed by atoms with E-state index in [-0.39, 0.29) is 5.57 Å². The second kappa shape index (κ2) is 10.8. The number of benzene rings is 3. The summed E-state index contributed by atoms with van der Waals surface area (Å²) in [5.74, 6) is 0.302. The van der Waals surface area contributed by atoms with Crippen molar-refractivity contribution in [1.82, 2.24) is 5.32 Å². The molecule has 150 valence electrons. The number of hydrogen-bond donors (Lipinski definition) is 1. The van der Waals surface area contributed by atoms with Crippen molar-refractivity contribution in [1.29, 1.82) is 5.26 Å². The molecular weight excluding hydrogens is 508 g/mol. The molecule has 0 aliphatic rings. The van der Waals surface area contributed by atoms with Gasteiger partial charge >= 0.3 is 0 Å². The fourth-order valence-corrected chi connectivity index (χ4v) is 3.81. The van der Waals surface area contributed by atoms with E-state index in [1.54, 1.807) is 6.08 Å². The van der Waals surface area contributed by atoms with E-state index in [9.17, 15) is 10.1 Å². The standard InChI is InChI=1S/C24H18Br2N2O2/c25-21-9-8-19(23(26)13-21)16-30-22-10-6-17(7-11-22)12-20(14-27)24(29)28-15-18-4-2-1-3-5-18/h1-13H,15-16H2,(H,28,29)/b20-12-. The summed E-state index contributed by atoms with van der Waals surface area (Å²) in [6, 6.07) is 24.7. The van der Waals surface area contributed by atoms with Gasteiger partial charge in [-0.3, -0.25) is 4.79 Å². The number of nitrogens with one attached hydrogen (secondary N) is 1. The minimum atomic E-state index is -0.401. The van der Waals surface area contributed by atoms with Gasteiger partial charge in [-0.25, -0.2) is 0 Å². The lowest BCUT2D eigenvalue weighted by molar-refractivity contribution is -0.117. The summed E-state index contributed by atoms with van der Waals surface area (Å²) in [4.78, 5) is 12.3. The van der Waals surface area contributed by atoms with Gasteiger partial charge in [0.1, 0.15) is 24.0 Å². The maximum absolute atomic E-state index is 12.3.